The first-order chi connectivity index (χ1) is 16.8. The molecule has 182 valence electrons. The van der Waals surface area contributed by atoms with Gasteiger partial charge in [-0.05, 0) is 48.0 Å². The number of methoxy groups -OCH3 is 1. The SMILES string of the molecule is CO[C@H](CO)C(Cc1ccccn1)NC(=O)c1cccc(Cl)c1C(=N)/C=C(\N)c1ccc(F)cc1. The summed E-state index contributed by atoms with van der Waals surface area (Å²) < 4.78 is 18.6. The number of nitrogens with one attached hydrogen (secondary N) is 2. The van der Waals surface area contributed by atoms with Crippen LogP contribution in [0.2, 0.25) is 5.02 Å². The summed E-state index contributed by atoms with van der Waals surface area (Å²) in [5, 5.41) is 21.4. The molecule has 2 aromatic carbocycles. The normalized spacial score (nSPS) is 13.2. The lowest BCUT2D eigenvalue weighted by atomic mass is 9.98. The van der Waals surface area contributed by atoms with E-state index in [0.29, 0.717) is 17.7 Å². The molecule has 2 atom stereocenters. The average Bonchev–Trinajstić information content (AvgIpc) is 2.85. The number of pyridine rings is 1. The van der Waals surface area contributed by atoms with Gasteiger partial charge in [-0.3, -0.25) is 9.78 Å². The molecule has 0 aliphatic rings. The van der Waals surface area contributed by atoms with Gasteiger partial charge in [0.05, 0.1) is 28.9 Å². The number of halogens is 2. The van der Waals surface area contributed by atoms with Gasteiger partial charge in [0.2, 0.25) is 0 Å². The van der Waals surface area contributed by atoms with Gasteiger partial charge in [0.1, 0.15) is 11.9 Å². The van der Waals surface area contributed by atoms with E-state index in [1.165, 1.54) is 37.5 Å². The zero-order valence-corrected chi connectivity index (χ0v) is 19.8. The average molecular weight is 497 g/mol. The van der Waals surface area contributed by atoms with Crippen molar-refractivity contribution in [1.82, 2.24) is 10.3 Å². The molecule has 0 spiro atoms. The minimum atomic E-state index is -0.683. The van der Waals surface area contributed by atoms with Crippen LogP contribution in [-0.4, -0.2) is 47.6 Å². The molecule has 1 aromatic heterocycles. The number of allylic oxidation sites excluding steroid dienone is 1. The van der Waals surface area contributed by atoms with Gasteiger partial charge in [-0.25, -0.2) is 4.39 Å². The Labute approximate surface area is 207 Å². The number of aliphatic hydroxyl groups is 1. The predicted molar refractivity (Wildman–Crippen MR) is 134 cm³/mol. The van der Waals surface area contributed by atoms with Crippen LogP contribution in [0.3, 0.4) is 0 Å². The molecule has 5 N–H and O–H groups in total. The van der Waals surface area contributed by atoms with Gasteiger partial charge in [-0.2, -0.15) is 0 Å². The van der Waals surface area contributed by atoms with Crippen LogP contribution in [0.25, 0.3) is 5.70 Å². The number of carbonyl (C=O) groups excluding carboxylic acids is 1. The molecule has 0 aliphatic heterocycles. The Bertz CT molecular complexity index is 1200. The molecule has 35 heavy (non-hydrogen) atoms. The largest absolute Gasteiger partial charge is 0.398 e. The van der Waals surface area contributed by atoms with Crippen LogP contribution >= 0.6 is 11.6 Å². The second-order valence-corrected chi connectivity index (χ2v) is 8.15. The number of benzene rings is 2. The lowest BCUT2D eigenvalue weighted by Crippen LogP contribution is -2.47. The van der Waals surface area contributed by atoms with E-state index in [1.807, 2.05) is 12.1 Å². The number of carbonyl (C=O) groups is 1. The molecule has 0 saturated carbocycles. The Morgan fingerprint density at radius 2 is 1.97 bits per heavy atom. The molecule has 7 nitrogen and oxygen atoms in total. The van der Waals surface area contributed by atoms with E-state index in [2.05, 4.69) is 10.3 Å². The number of nitrogens with zero attached hydrogens (tertiary/aromatic N) is 1. The number of hydrogen-bond donors (Lipinski definition) is 4. The summed E-state index contributed by atoms with van der Waals surface area (Å²) in [5.74, 6) is -0.906. The second kappa shape index (κ2) is 12.2. The molecule has 1 unspecified atom stereocenters. The number of amides is 1. The lowest BCUT2D eigenvalue weighted by Gasteiger charge is -2.26. The summed E-state index contributed by atoms with van der Waals surface area (Å²) >= 11 is 6.39. The molecule has 0 saturated heterocycles. The third-order valence-corrected chi connectivity index (χ3v) is 5.72. The molecule has 9 heteroatoms. The van der Waals surface area contributed by atoms with Crippen LogP contribution in [0.1, 0.15) is 27.2 Å². The van der Waals surface area contributed by atoms with Crippen molar-refractivity contribution in [2.45, 2.75) is 18.6 Å². The monoisotopic (exact) mass is 496 g/mol. The van der Waals surface area contributed by atoms with Crippen molar-refractivity contribution >= 4 is 28.9 Å². The van der Waals surface area contributed by atoms with Crippen LogP contribution in [0, 0.1) is 11.2 Å². The molecule has 0 radical (unpaired) electrons. The lowest BCUT2D eigenvalue weighted by molar-refractivity contribution is 0.0214. The van der Waals surface area contributed by atoms with Gasteiger partial charge in [-0.15, -0.1) is 0 Å². The number of rotatable bonds is 10. The van der Waals surface area contributed by atoms with Crippen molar-refractivity contribution < 1.29 is 19.0 Å². The van der Waals surface area contributed by atoms with Crippen LogP contribution in [0.4, 0.5) is 4.39 Å². The Morgan fingerprint density at radius 3 is 2.60 bits per heavy atom. The van der Waals surface area contributed by atoms with Gasteiger partial charge < -0.3 is 26.3 Å². The van der Waals surface area contributed by atoms with E-state index in [4.69, 9.17) is 27.5 Å². The van der Waals surface area contributed by atoms with Crippen molar-refractivity contribution in [2.24, 2.45) is 5.73 Å². The van der Waals surface area contributed by atoms with E-state index < -0.39 is 23.9 Å². The third-order valence-electron chi connectivity index (χ3n) is 5.41. The first-order valence-electron chi connectivity index (χ1n) is 10.8. The summed E-state index contributed by atoms with van der Waals surface area (Å²) in [5.41, 5.74) is 7.81. The molecule has 3 rings (SSSR count). The van der Waals surface area contributed by atoms with E-state index in [-0.39, 0.29) is 34.2 Å². The minimum absolute atomic E-state index is 0.0886. The Balaban J connectivity index is 1.90. The summed E-state index contributed by atoms with van der Waals surface area (Å²) in [6.45, 7) is -0.316. The highest BCUT2D eigenvalue weighted by molar-refractivity contribution is 6.36. The van der Waals surface area contributed by atoms with Crippen molar-refractivity contribution in [2.75, 3.05) is 13.7 Å². The van der Waals surface area contributed by atoms with Crippen LogP contribution < -0.4 is 11.1 Å². The number of ether oxygens (including phenoxy) is 1. The van der Waals surface area contributed by atoms with E-state index in [0.717, 1.165) is 0 Å². The molecular formula is C26H26ClFN4O3. The fourth-order valence-corrected chi connectivity index (χ4v) is 3.85. The molecule has 1 heterocycles. The zero-order valence-electron chi connectivity index (χ0n) is 19.0. The molecule has 0 fully saturated rings. The molecule has 3 aromatic rings. The van der Waals surface area contributed by atoms with Crippen LogP contribution in [0.15, 0.2) is 72.9 Å². The number of aliphatic hydroxyl groups excluding tert-OH is 1. The van der Waals surface area contributed by atoms with Crippen molar-refractivity contribution in [3.63, 3.8) is 0 Å². The van der Waals surface area contributed by atoms with Crippen LogP contribution in [0.5, 0.6) is 0 Å². The Morgan fingerprint density at radius 1 is 1.23 bits per heavy atom. The highest BCUT2D eigenvalue weighted by Gasteiger charge is 2.26. The summed E-state index contributed by atoms with van der Waals surface area (Å²) in [7, 11) is 1.45. The zero-order chi connectivity index (χ0) is 25.4. The van der Waals surface area contributed by atoms with Gasteiger partial charge in [0.25, 0.3) is 5.91 Å². The van der Waals surface area contributed by atoms with Gasteiger partial charge in [0.15, 0.2) is 0 Å². The highest BCUT2D eigenvalue weighted by atomic mass is 35.5. The van der Waals surface area contributed by atoms with Crippen molar-refractivity contribution in [3.8, 4) is 0 Å². The van der Waals surface area contributed by atoms with E-state index >= 15 is 0 Å². The van der Waals surface area contributed by atoms with Gasteiger partial charge in [-0.1, -0.05) is 35.9 Å². The first-order valence-corrected chi connectivity index (χ1v) is 11.2. The van der Waals surface area contributed by atoms with Crippen molar-refractivity contribution in [1.29, 1.82) is 5.41 Å². The summed E-state index contributed by atoms with van der Waals surface area (Å²) in [6.07, 6.45) is 2.64. The quantitative estimate of drug-likeness (QED) is 0.320. The number of nitrogens with two attached hydrogens (primary N) is 1. The topological polar surface area (TPSA) is 121 Å². The molecule has 1 amide bonds. The van der Waals surface area contributed by atoms with E-state index in [9.17, 15) is 14.3 Å². The molecule has 0 aliphatic carbocycles. The molecule has 0 bridgehead atoms. The maximum Gasteiger partial charge on any atom is 0.252 e. The standard InChI is InChI=1S/C26H26ClFN4O3/c1-35-24(15-33)23(13-18-5-2-3-12-31-18)32-26(34)19-6-4-7-20(27)25(19)22(30)14-21(29)16-8-10-17(28)11-9-16/h2-12,14,23-24,30,33H,13,15,29H2,1H3,(H,32,34)/b21-14-,30-22?/t23?,24-/m1/s1. The maximum atomic E-state index is 13.3. The summed E-state index contributed by atoms with van der Waals surface area (Å²) in [6, 6.07) is 15.1. The fourth-order valence-electron chi connectivity index (χ4n) is 3.57. The van der Waals surface area contributed by atoms with Crippen molar-refractivity contribution in [3.05, 3.63) is 106 Å². The summed E-state index contributed by atoms with van der Waals surface area (Å²) in [4.78, 5) is 17.6. The van der Waals surface area contributed by atoms with Gasteiger partial charge >= 0.3 is 0 Å². The van der Waals surface area contributed by atoms with Gasteiger partial charge in [0, 0.05) is 36.7 Å². The number of hydrogen-bond acceptors (Lipinski definition) is 6. The Hall–Kier alpha value is -3.59. The minimum Gasteiger partial charge on any atom is -0.398 e. The first kappa shape index (κ1) is 26.0. The maximum absolute atomic E-state index is 13.3. The fraction of sp³-hybridized carbons (Fsp3) is 0.192. The molecular weight excluding hydrogens is 471 g/mol. The predicted octanol–water partition coefficient (Wildman–Crippen LogP) is 3.59. The Kier molecular flexibility index (Phi) is 9.08. The van der Waals surface area contributed by atoms with Crippen LogP contribution in [-0.2, 0) is 11.2 Å². The number of aromatic nitrogens is 1. The van der Waals surface area contributed by atoms with E-state index in [1.54, 1.807) is 30.5 Å². The highest BCUT2D eigenvalue weighted by Crippen LogP contribution is 2.23. The second-order valence-electron chi connectivity index (χ2n) is 7.74. The smallest absolute Gasteiger partial charge is 0.252 e. The third kappa shape index (κ3) is 6.73.